The highest BCUT2D eigenvalue weighted by Gasteiger charge is 2.13. The van der Waals surface area contributed by atoms with Crippen molar-refractivity contribution in [2.75, 3.05) is 5.32 Å². The Balaban J connectivity index is 1.69. The average molecular weight is 456 g/mol. The molecule has 0 aliphatic carbocycles. The number of alkyl halides is 2. The molecular weight excluding hydrogens is 440 g/mol. The number of carbonyl (C=O) groups is 1. The monoisotopic (exact) mass is 455 g/mol. The van der Waals surface area contributed by atoms with Crippen molar-refractivity contribution in [3.8, 4) is 5.75 Å². The molecule has 0 bridgehead atoms. The van der Waals surface area contributed by atoms with Crippen molar-refractivity contribution in [2.45, 2.75) is 24.5 Å². The van der Waals surface area contributed by atoms with Gasteiger partial charge in [0.15, 0.2) is 16.5 Å². The van der Waals surface area contributed by atoms with Crippen LogP contribution in [0.15, 0.2) is 59.8 Å². The van der Waals surface area contributed by atoms with Gasteiger partial charge in [-0.05, 0) is 23.8 Å². The fraction of sp³-hybridized carbons (Fsp3) is 0.158. The fourth-order valence-corrected chi connectivity index (χ4v) is 3.44. The molecule has 1 N–H and O–H groups in total. The first-order valence-corrected chi connectivity index (χ1v) is 10.1. The van der Waals surface area contributed by atoms with E-state index in [4.69, 9.17) is 16.3 Å². The second kappa shape index (κ2) is 9.68. The van der Waals surface area contributed by atoms with Crippen molar-refractivity contribution in [3.05, 3.63) is 71.0 Å². The second-order valence-electron chi connectivity index (χ2n) is 6.14. The first-order chi connectivity index (χ1) is 14.3. The number of ether oxygens (including phenoxy) is 1. The minimum absolute atomic E-state index is 0.0253. The van der Waals surface area contributed by atoms with Crippen molar-refractivity contribution in [2.24, 2.45) is 0 Å². The first-order valence-electron chi connectivity index (χ1n) is 8.59. The van der Waals surface area contributed by atoms with E-state index in [1.807, 2.05) is 0 Å². The zero-order chi connectivity index (χ0) is 21.7. The van der Waals surface area contributed by atoms with Gasteiger partial charge in [-0.1, -0.05) is 35.9 Å². The number of hydrogen-bond donors (Lipinski definition) is 2. The van der Waals surface area contributed by atoms with Crippen LogP contribution in [0, 0.1) is 0 Å². The molecule has 0 saturated carbocycles. The summed E-state index contributed by atoms with van der Waals surface area (Å²) >= 11 is 6.04. The Kier molecular flexibility index (Phi) is 7.01. The SMILES string of the molecule is O=C(Cc1ccccc1Cl)Nc1ccc(COc2cnn(C(F)F)c2)c([SH](=O)=O)c1. The van der Waals surface area contributed by atoms with Gasteiger partial charge in [-0.15, -0.1) is 0 Å². The van der Waals surface area contributed by atoms with Crippen LogP contribution in [-0.4, -0.2) is 24.1 Å². The van der Waals surface area contributed by atoms with Gasteiger partial charge < -0.3 is 10.1 Å². The lowest BCUT2D eigenvalue weighted by Crippen LogP contribution is -2.15. The zero-order valence-electron chi connectivity index (χ0n) is 15.3. The van der Waals surface area contributed by atoms with Crippen molar-refractivity contribution in [1.29, 1.82) is 0 Å². The molecule has 0 radical (unpaired) electrons. The Morgan fingerprint density at radius 2 is 1.97 bits per heavy atom. The van der Waals surface area contributed by atoms with Crippen LogP contribution in [0.4, 0.5) is 14.5 Å². The number of hydrogen-bond acceptors (Lipinski definition) is 5. The smallest absolute Gasteiger partial charge is 0.333 e. The molecule has 2 aromatic carbocycles. The molecule has 1 heterocycles. The number of aromatic nitrogens is 2. The summed E-state index contributed by atoms with van der Waals surface area (Å²) in [7, 11) is -2.99. The molecular formula is C19H16ClF2N3O4S. The predicted octanol–water partition coefficient (Wildman–Crippen LogP) is 3.66. The van der Waals surface area contributed by atoms with Crippen LogP contribution >= 0.6 is 11.6 Å². The standard InChI is InChI=1S/C19H16ClF2N3O4S/c20-16-4-2-1-3-12(16)7-18(26)24-14-6-5-13(17(8-14)30(27)28)11-29-15-9-23-25(10-15)19(21)22/h1-6,8-10,19,30H,7,11H2,(H,24,26). The number of thiol groups is 1. The van der Waals surface area contributed by atoms with Crippen LogP contribution in [0.2, 0.25) is 5.02 Å². The molecule has 30 heavy (non-hydrogen) atoms. The van der Waals surface area contributed by atoms with E-state index >= 15 is 0 Å². The molecule has 0 spiro atoms. The van der Waals surface area contributed by atoms with E-state index in [0.29, 0.717) is 20.8 Å². The maximum absolute atomic E-state index is 12.5. The quantitative estimate of drug-likeness (QED) is 0.506. The van der Waals surface area contributed by atoms with Crippen LogP contribution in [0.25, 0.3) is 0 Å². The first kappa shape index (κ1) is 21.7. The number of benzene rings is 2. The van der Waals surface area contributed by atoms with Gasteiger partial charge in [0, 0.05) is 16.3 Å². The highest BCUT2D eigenvalue weighted by Crippen LogP contribution is 2.22. The lowest BCUT2D eigenvalue weighted by atomic mass is 10.1. The Hall–Kier alpha value is -2.98. The summed E-state index contributed by atoms with van der Waals surface area (Å²) in [6.45, 7) is -2.98. The van der Waals surface area contributed by atoms with E-state index in [1.165, 1.54) is 18.2 Å². The number of nitrogens with zero attached hydrogens (tertiary/aromatic N) is 2. The van der Waals surface area contributed by atoms with E-state index in [-0.39, 0.29) is 35.3 Å². The van der Waals surface area contributed by atoms with Crippen molar-refractivity contribution >= 4 is 33.9 Å². The van der Waals surface area contributed by atoms with Crippen LogP contribution in [-0.2, 0) is 28.5 Å². The largest absolute Gasteiger partial charge is 0.486 e. The van der Waals surface area contributed by atoms with Gasteiger partial charge in [0.2, 0.25) is 5.91 Å². The molecule has 1 amide bonds. The van der Waals surface area contributed by atoms with E-state index in [9.17, 15) is 22.0 Å². The van der Waals surface area contributed by atoms with E-state index in [0.717, 1.165) is 12.4 Å². The van der Waals surface area contributed by atoms with Crippen LogP contribution < -0.4 is 10.1 Å². The van der Waals surface area contributed by atoms with Crippen molar-refractivity contribution in [3.63, 3.8) is 0 Å². The van der Waals surface area contributed by atoms with Crippen molar-refractivity contribution in [1.82, 2.24) is 9.78 Å². The molecule has 7 nitrogen and oxygen atoms in total. The number of halogens is 3. The summed E-state index contributed by atoms with van der Waals surface area (Å²) in [5.41, 5.74) is 1.23. The van der Waals surface area contributed by atoms with E-state index < -0.39 is 17.3 Å². The Bertz CT molecular complexity index is 1130. The summed E-state index contributed by atoms with van der Waals surface area (Å²) in [6, 6.07) is 11.2. The Morgan fingerprint density at radius 1 is 1.20 bits per heavy atom. The van der Waals surface area contributed by atoms with Crippen LogP contribution in [0.5, 0.6) is 5.75 Å². The fourth-order valence-electron chi connectivity index (χ4n) is 2.62. The summed E-state index contributed by atoms with van der Waals surface area (Å²) in [6.07, 6.45) is 2.13. The molecule has 0 aliphatic rings. The molecule has 0 unspecified atom stereocenters. The summed E-state index contributed by atoms with van der Waals surface area (Å²) < 4.78 is 54.1. The van der Waals surface area contributed by atoms with Crippen molar-refractivity contribution < 1.29 is 26.7 Å². The number of carbonyl (C=O) groups excluding carboxylic acids is 1. The maximum Gasteiger partial charge on any atom is 0.333 e. The third-order valence-electron chi connectivity index (χ3n) is 4.05. The highest BCUT2D eigenvalue weighted by atomic mass is 35.5. The van der Waals surface area contributed by atoms with Gasteiger partial charge in [0.1, 0.15) is 6.61 Å². The third-order valence-corrected chi connectivity index (χ3v) is 5.23. The molecule has 0 atom stereocenters. The molecule has 0 aliphatic heterocycles. The Morgan fingerprint density at radius 3 is 2.63 bits per heavy atom. The van der Waals surface area contributed by atoms with Crippen LogP contribution in [0.3, 0.4) is 0 Å². The predicted molar refractivity (Wildman–Crippen MR) is 107 cm³/mol. The molecule has 3 aromatic rings. The number of rotatable bonds is 8. The molecule has 0 fully saturated rings. The normalized spacial score (nSPS) is 11.1. The van der Waals surface area contributed by atoms with Gasteiger partial charge >= 0.3 is 6.55 Å². The summed E-state index contributed by atoms with van der Waals surface area (Å²) in [5.74, 6) is -0.293. The van der Waals surface area contributed by atoms with Gasteiger partial charge in [-0.2, -0.15) is 13.9 Å². The van der Waals surface area contributed by atoms with Gasteiger partial charge in [0.05, 0.1) is 23.7 Å². The minimum Gasteiger partial charge on any atom is -0.486 e. The van der Waals surface area contributed by atoms with E-state index in [2.05, 4.69) is 10.4 Å². The topological polar surface area (TPSA) is 90.3 Å². The molecule has 3 rings (SSSR count). The molecule has 158 valence electrons. The summed E-state index contributed by atoms with van der Waals surface area (Å²) in [5, 5.41) is 6.52. The van der Waals surface area contributed by atoms with Gasteiger partial charge in [0.25, 0.3) is 0 Å². The highest BCUT2D eigenvalue weighted by molar-refractivity contribution is 7.72. The number of anilines is 1. The molecule has 0 saturated heterocycles. The zero-order valence-corrected chi connectivity index (χ0v) is 16.9. The van der Waals surface area contributed by atoms with Gasteiger partial charge in [-0.3, -0.25) is 4.79 Å². The minimum atomic E-state index is -2.99. The average Bonchev–Trinajstić information content (AvgIpc) is 3.18. The third kappa shape index (κ3) is 5.55. The van der Waals surface area contributed by atoms with Crippen LogP contribution in [0.1, 0.15) is 17.7 Å². The summed E-state index contributed by atoms with van der Waals surface area (Å²) in [4.78, 5) is 12.2. The number of nitrogens with one attached hydrogen (secondary N) is 1. The molecule has 11 heteroatoms. The Labute approximate surface area is 177 Å². The van der Waals surface area contributed by atoms with Gasteiger partial charge in [-0.25, -0.2) is 13.1 Å². The van der Waals surface area contributed by atoms with E-state index in [1.54, 1.807) is 24.3 Å². The second-order valence-corrected chi connectivity index (χ2v) is 7.54. The maximum atomic E-state index is 12.5. The lowest BCUT2D eigenvalue weighted by Gasteiger charge is -2.10. The number of amides is 1. The lowest BCUT2D eigenvalue weighted by molar-refractivity contribution is -0.115. The molecule has 1 aromatic heterocycles.